The topological polar surface area (TPSA) is 121 Å². The Hall–Kier alpha value is -3.80. The maximum atomic E-state index is 14.2. The van der Waals surface area contributed by atoms with Crippen LogP contribution in [0.15, 0.2) is 23.1 Å². The molecule has 2 N–H and O–H groups in total. The number of nitrogens with zero attached hydrogens (tertiary/aromatic N) is 3. The number of halogens is 2. The fourth-order valence-electron chi connectivity index (χ4n) is 5.51. The molecule has 37 heavy (non-hydrogen) atoms. The first-order valence-electron chi connectivity index (χ1n) is 11.9. The first-order valence-corrected chi connectivity index (χ1v) is 11.9. The van der Waals surface area contributed by atoms with Crippen molar-refractivity contribution in [1.82, 2.24) is 19.8 Å². The summed E-state index contributed by atoms with van der Waals surface area (Å²) in [5, 5.41) is 14.3. The zero-order valence-electron chi connectivity index (χ0n) is 20.5. The molecule has 3 aliphatic heterocycles. The Labute approximate surface area is 210 Å². The van der Waals surface area contributed by atoms with Gasteiger partial charge in [-0.2, -0.15) is 0 Å². The molecule has 0 saturated carbocycles. The zero-order chi connectivity index (χ0) is 26.8. The molecule has 2 saturated heterocycles. The van der Waals surface area contributed by atoms with Gasteiger partial charge in [-0.25, -0.2) is 13.8 Å². The van der Waals surface area contributed by atoms with Crippen molar-refractivity contribution in [3.05, 3.63) is 62.6 Å². The molecule has 10 nitrogen and oxygen atoms in total. The van der Waals surface area contributed by atoms with Gasteiger partial charge in [-0.05, 0) is 44.4 Å². The molecule has 0 unspecified atom stereocenters. The Morgan fingerprint density at radius 2 is 1.92 bits per heavy atom. The van der Waals surface area contributed by atoms with Gasteiger partial charge in [-0.1, -0.05) is 0 Å². The number of benzene rings is 1. The van der Waals surface area contributed by atoms with Crippen LogP contribution in [0.4, 0.5) is 8.78 Å². The second-order valence-electron chi connectivity index (χ2n) is 9.95. The van der Waals surface area contributed by atoms with Crippen molar-refractivity contribution in [3.8, 4) is 5.75 Å². The minimum absolute atomic E-state index is 0.0166. The van der Waals surface area contributed by atoms with Crippen molar-refractivity contribution in [2.24, 2.45) is 0 Å². The van der Waals surface area contributed by atoms with Gasteiger partial charge in [0.25, 0.3) is 11.8 Å². The van der Waals surface area contributed by atoms with Crippen LogP contribution >= 0.6 is 0 Å². The van der Waals surface area contributed by atoms with E-state index >= 15 is 0 Å². The van der Waals surface area contributed by atoms with Crippen molar-refractivity contribution < 1.29 is 33.1 Å². The van der Waals surface area contributed by atoms with Gasteiger partial charge < -0.3 is 19.9 Å². The maximum Gasteiger partial charge on any atom is 0.274 e. The summed E-state index contributed by atoms with van der Waals surface area (Å²) in [6, 6.07) is 1.30. The predicted molar refractivity (Wildman–Crippen MR) is 125 cm³/mol. The first-order chi connectivity index (χ1) is 17.4. The lowest BCUT2D eigenvalue weighted by molar-refractivity contribution is -0.202. The monoisotopic (exact) mass is 516 g/mol. The lowest BCUT2D eigenvalue weighted by atomic mass is 9.85. The van der Waals surface area contributed by atoms with Crippen LogP contribution < -0.4 is 10.7 Å². The van der Waals surface area contributed by atoms with Crippen LogP contribution in [0.1, 0.15) is 64.2 Å². The number of carbonyl (C=O) groups excluding carboxylic acids is 3. The number of amides is 3. The summed E-state index contributed by atoms with van der Waals surface area (Å²) in [7, 11) is 1.49. The Morgan fingerprint density at radius 1 is 1.24 bits per heavy atom. The highest BCUT2D eigenvalue weighted by Gasteiger charge is 2.56. The van der Waals surface area contributed by atoms with E-state index in [4.69, 9.17) is 4.84 Å². The average molecular weight is 517 g/mol. The van der Waals surface area contributed by atoms with Crippen molar-refractivity contribution in [3.63, 3.8) is 0 Å². The summed E-state index contributed by atoms with van der Waals surface area (Å²) in [6.07, 6.45) is 2.10. The first kappa shape index (κ1) is 24.9. The van der Waals surface area contributed by atoms with Crippen LogP contribution in [0.5, 0.6) is 5.75 Å². The van der Waals surface area contributed by atoms with Gasteiger partial charge in [0.1, 0.15) is 22.8 Å². The summed E-state index contributed by atoms with van der Waals surface area (Å²) >= 11 is 0. The Bertz CT molecular complexity index is 1390. The molecule has 0 radical (unpaired) electrons. The molecule has 2 fully saturated rings. The number of hydrogen-bond acceptors (Lipinski definition) is 6. The summed E-state index contributed by atoms with van der Waals surface area (Å²) < 4.78 is 29.8. The number of nitrogens with one attached hydrogen (secondary N) is 1. The van der Waals surface area contributed by atoms with Crippen LogP contribution in [0.2, 0.25) is 0 Å². The highest BCUT2D eigenvalue weighted by molar-refractivity contribution is 5.99. The lowest BCUT2D eigenvalue weighted by Gasteiger charge is -2.42. The fourth-order valence-corrected chi connectivity index (χ4v) is 5.51. The molecule has 2 aromatic rings. The van der Waals surface area contributed by atoms with Crippen molar-refractivity contribution >= 4 is 17.7 Å². The Balaban J connectivity index is 1.56. The van der Waals surface area contributed by atoms with Gasteiger partial charge >= 0.3 is 0 Å². The minimum atomic E-state index is -1.09. The number of fused-ring (bicyclic) bond motifs is 5. The fraction of sp³-hybridized carbons (Fsp3) is 0.440. The molecule has 2 bridgehead atoms. The third-order valence-corrected chi connectivity index (χ3v) is 7.58. The van der Waals surface area contributed by atoms with E-state index in [2.05, 4.69) is 5.32 Å². The van der Waals surface area contributed by atoms with Gasteiger partial charge in [0.15, 0.2) is 11.4 Å². The number of hydroxylamine groups is 2. The largest absolute Gasteiger partial charge is 0.503 e. The quantitative estimate of drug-likeness (QED) is 0.642. The number of carbonyl (C=O) groups is 3. The highest BCUT2D eigenvalue weighted by atomic mass is 19.1. The molecule has 0 aliphatic carbocycles. The van der Waals surface area contributed by atoms with Crippen molar-refractivity contribution in [2.75, 3.05) is 13.6 Å². The Kier molecular flexibility index (Phi) is 5.81. The molecule has 1 aromatic carbocycles. The Morgan fingerprint density at radius 3 is 2.54 bits per heavy atom. The molecular weight excluding hydrogens is 490 g/mol. The smallest absolute Gasteiger partial charge is 0.274 e. The highest BCUT2D eigenvalue weighted by Crippen LogP contribution is 2.46. The van der Waals surface area contributed by atoms with E-state index in [9.17, 15) is 33.1 Å². The van der Waals surface area contributed by atoms with Gasteiger partial charge in [0.05, 0.1) is 12.5 Å². The SMILES string of the molecule is Cc1cc(F)c(CNC(=O)c2cn3c(c(O)c2=O)C(=O)N2C[C@@H]3[C@]3(CC[C@@H]2C)CC(=O)N(C)O3)c(F)c1. The van der Waals surface area contributed by atoms with E-state index in [0.717, 1.165) is 23.4 Å². The number of pyridine rings is 1. The summed E-state index contributed by atoms with van der Waals surface area (Å²) in [6.45, 7) is 2.95. The molecule has 1 aromatic heterocycles. The van der Waals surface area contributed by atoms with Crippen LogP contribution in [-0.2, 0) is 16.2 Å². The molecule has 196 valence electrons. The molecule has 3 atom stereocenters. The molecular formula is C25H26F2N4O6. The normalized spacial score (nSPS) is 24.9. The average Bonchev–Trinajstić information content (AvgIpc) is 3.05. The predicted octanol–water partition coefficient (Wildman–Crippen LogP) is 1.78. The number of aromatic hydroxyl groups is 1. The molecule has 3 aliphatic rings. The molecule has 12 heteroatoms. The third-order valence-electron chi connectivity index (χ3n) is 7.58. The molecule has 1 spiro atoms. The minimum Gasteiger partial charge on any atom is -0.503 e. The van der Waals surface area contributed by atoms with E-state index in [0.29, 0.717) is 18.4 Å². The number of aryl methyl sites for hydroxylation is 1. The number of aromatic nitrogens is 1. The third kappa shape index (κ3) is 3.86. The van der Waals surface area contributed by atoms with E-state index in [1.54, 1.807) is 0 Å². The van der Waals surface area contributed by atoms with E-state index in [-0.39, 0.29) is 36.2 Å². The molecule has 5 rings (SSSR count). The number of hydrogen-bond donors (Lipinski definition) is 2. The van der Waals surface area contributed by atoms with Gasteiger partial charge in [0.2, 0.25) is 11.3 Å². The van der Waals surface area contributed by atoms with Crippen LogP contribution in [0, 0.1) is 18.6 Å². The van der Waals surface area contributed by atoms with Crippen LogP contribution in [-0.4, -0.2) is 62.6 Å². The second-order valence-corrected chi connectivity index (χ2v) is 9.95. The summed E-state index contributed by atoms with van der Waals surface area (Å²) in [5.74, 6) is -4.44. The van der Waals surface area contributed by atoms with Crippen LogP contribution in [0.25, 0.3) is 0 Å². The van der Waals surface area contributed by atoms with Gasteiger partial charge in [0, 0.05) is 37.9 Å². The molecule has 3 amide bonds. The maximum absolute atomic E-state index is 14.2. The zero-order valence-corrected chi connectivity index (χ0v) is 20.5. The van der Waals surface area contributed by atoms with E-state index in [1.165, 1.54) is 23.4 Å². The van der Waals surface area contributed by atoms with Crippen LogP contribution in [0.3, 0.4) is 0 Å². The standard InChI is InChI=1S/C25H26F2N4O6/c1-12-6-16(26)14(17(27)7-12)9-28-23(35)15-10-31-18-11-30(24(36)20(31)22(34)21(15)33)13(2)4-5-25(18)8-19(32)29(3)37-25/h6-7,10,13,18,34H,4-5,8-9,11H2,1-3H3,(H,28,35)/t13-,18+,25-/m0/s1. The second kappa shape index (κ2) is 8.65. The number of rotatable bonds is 3. The van der Waals surface area contributed by atoms with Gasteiger partial charge in [-0.15, -0.1) is 0 Å². The lowest BCUT2D eigenvalue weighted by Crippen LogP contribution is -2.52. The van der Waals surface area contributed by atoms with Gasteiger partial charge in [-0.3, -0.25) is 24.0 Å². The van der Waals surface area contributed by atoms with Crippen molar-refractivity contribution in [2.45, 2.75) is 57.3 Å². The molecule has 4 heterocycles. The summed E-state index contributed by atoms with van der Waals surface area (Å²) in [4.78, 5) is 59.3. The van der Waals surface area contributed by atoms with Crippen molar-refractivity contribution in [1.29, 1.82) is 0 Å². The van der Waals surface area contributed by atoms with E-state index < -0.39 is 58.4 Å². The summed E-state index contributed by atoms with van der Waals surface area (Å²) in [5.41, 5.74) is -2.98. The van der Waals surface area contributed by atoms with E-state index in [1.807, 2.05) is 6.92 Å².